The second-order valence-corrected chi connectivity index (χ2v) is 4.79. The Hall–Kier alpha value is -1.62. The van der Waals surface area contributed by atoms with Gasteiger partial charge >= 0.3 is 0 Å². The maximum atomic E-state index is 5.80. The fourth-order valence-corrected chi connectivity index (χ4v) is 2.20. The van der Waals surface area contributed by atoms with E-state index in [-0.39, 0.29) is 0 Å². The number of nitrogens with zero attached hydrogens (tertiary/aromatic N) is 2. The summed E-state index contributed by atoms with van der Waals surface area (Å²) < 4.78 is 6.68. The molecule has 0 aliphatic rings. The van der Waals surface area contributed by atoms with Crippen molar-refractivity contribution in [2.24, 2.45) is 0 Å². The molecule has 0 aliphatic heterocycles. The third-order valence-corrected chi connectivity index (χ3v) is 3.21. The fraction of sp³-hybridized carbons (Fsp3) is 0.231. The van der Waals surface area contributed by atoms with Crippen molar-refractivity contribution in [2.45, 2.75) is 20.3 Å². The van der Waals surface area contributed by atoms with Crippen LogP contribution in [0.5, 0.6) is 11.6 Å². The van der Waals surface area contributed by atoms with E-state index in [1.807, 2.05) is 32.0 Å². The molecule has 2 rings (SSSR count). The van der Waals surface area contributed by atoms with E-state index in [4.69, 9.17) is 10.5 Å². The molecule has 2 aromatic rings. The first-order valence-electron chi connectivity index (χ1n) is 5.65. The van der Waals surface area contributed by atoms with Gasteiger partial charge in [-0.1, -0.05) is 13.0 Å². The van der Waals surface area contributed by atoms with Crippen LogP contribution >= 0.6 is 15.9 Å². The number of halogens is 1. The molecule has 94 valence electrons. The molecule has 0 unspecified atom stereocenters. The minimum absolute atomic E-state index is 0.464. The van der Waals surface area contributed by atoms with E-state index in [0.717, 1.165) is 22.0 Å². The van der Waals surface area contributed by atoms with E-state index in [1.54, 1.807) is 0 Å². The van der Waals surface area contributed by atoms with Gasteiger partial charge in [-0.25, -0.2) is 9.97 Å². The zero-order chi connectivity index (χ0) is 13.1. The van der Waals surface area contributed by atoms with Crippen LogP contribution in [0.25, 0.3) is 0 Å². The standard InChI is InChI=1S/C13H14BrN3O/c1-3-9-12(15)16-7-17-13(9)18-11-5-4-8(2)6-10(11)14/h4-7H,3H2,1-2H3,(H2,15,16,17). The Morgan fingerprint density at radius 2 is 2.11 bits per heavy atom. The lowest BCUT2D eigenvalue weighted by atomic mass is 10.2. The molecular formula is C13H14BrN3O. The highest BCUT2D eigenvalue weighted by atomic mass is 79.9. The van der Waals surface area contributed by atoms with Gasteiger partial charge in [0.15, 0.2) is 0 Å². The molecule has 0 amide bonds. The number of aryl methyl sites for hydroxylation is 1. The lowest BCUT2D eigenvalue weighted by molar-refractivity contribution is 0.453. The summed E-state index contributed by atoms with van der Waals surface area (Å²) >= 11 is 3.47. The minimum Gasteiger partial charge on any atom is -0.437 e. The maximum Gasteiger partial charge on any atom is 0.227 e. The molecule has 0 atom stereocenters. The maximum absolute atomic E-state index is 5.80. The number of hydrogen-bond acceptors (Lipinski definition) is 4. The summed E-state index contributed by atoms with van der Waals surface area (Å²) in [5.74, 6) is 1.69. The van der Waals surface area contributed by atoms with E-state index in [1.165, 1.54) is 6.33 Å². The fourth-order valence-electron chi connectivity index (χ4n) is 1.62. The number of nitrogen functional groups attached to an aromatic ring is 1. The highest BCUT2D eigenvalue weighted by Crippen LogP contribution is 2.32. The third kappa shape index (κ3) is 2.61. The summed E-state index contributed by atoms with van der Waals surface area (Å²) in [5, 5.41) is 0. The van der Waals surface area contributed by atoms with Crippen LogP contribution in [-0.4, -0.2) is 9.97 Å². The quantitative estimate of drug-likeness (QED) is 0.943. The van der Waals surface area contributed by atoms with Gasteiger partial charge in [0.2, 0.25) is 5.88 Å². The molecule has 0 radical (unpaired) electrons. The topological polar surface area (TPSA) is 61.0 Å². The first-order valence-corrected chi connectivity index (χ1v) is 6.44. The number of hydrogen-bond donors (Lipinski definition) is 1. The molecule has 1 heterocycles. The molecule has 0 bridgehead atoms. The Balaban J connectivity index is 2.37. The van der Waals surface area contributed by atoms with Crippen molar-refractivity contribution in [3.05, 3.63) is 40.1 Å². The molecule has 4 nitrogen and oxygen atoms in total. The monoisotopic (exact) mass is 307 g/mol. The summed E-state index contributed by atoms with van der Waals surface area (Å²) in [4.78, 5) is 8.10. The predicted molar refractivity (Wildman–Crippen MR) is 74.8 cm³/mol. The lowest BCUT2D eigenvalue weighted by Gasteiger charge is -2.11. The number of benzene rings is 1. The Bertz CT molecular complexity index is 572. The molecule has 18 heavy (non-hydrogen) atoms. The first-order chi connectivity index (χ1) is 8.61. The number of ether oxygens (including phenoxy) is 1. The van der Waals surface area contributed by atoms with E-state index in [9.17, 15) is 0 Å². The summed E-state index contributed by atoms with van der Waals surface area (Å²) in [5.41, 5.74) is 7.79. The average Bonchev–Trinajstić information content (AvgIpc) is 2.33. The molecule has 0 saturated carbocycles. The first kappa shape index (κ1) is 12.8. The molecule has 1 aromatic heterocycles. The van der Waals surface area contributed by atoms with Crippen LogP contribution in [0.3, 0.4) is 0 Å². The van der Waals surface area contributed by atoms with E-state index in [2.05, 4.69) is 25.9 Å². The van der Waals surface area contributed by atoms with Crippen molar-refractivity contribution in [1.29, 1.82) is 0 Å². The molecule has 0 spiro atoms. The Morgan fingerprint density at radius 3 is 2.78 bits per heavy atom. The molecule has 1 aromatic carbocycles. The Labute approximate surface area is 114 Å². The molecular weight excluding hydrogens is 294 g/mol. The van der Waals surface area contributed by atoms with Gasteiger partial charge in [-0.05, 0) is 47.0 Å². The van der Waals surface area contributed by atoms with Crippen molar-refractivity contribution >= 4 is 21.7 Å². The molecule has 0 fully saturated rings. The summed E-state index contributed by atoms with van der Waals surface area (Å²) in [7, 11) is 0. The van der Waals surface area contributed by atoms with Gasteiger partial charge in [0.25, 0.3) is 0 Å². The lowest BCUT2D eigenvalue weighted by Crippen LogP contribution is -2.02. The van der Waals surface area contributed by atoms with Crippen LogP contribution in [0.1, 0.15) is 18.1 Å². The van der Waals surface area contributed by atoms with Gasteiger partial charge in [-0.15, -0.1) is 0 Å². The normalized spacial score (nSPS) is 10.4. The van der Waals surface area contributed by atoms with Crippen molar-refractivity contribution in [3.63, 3.8) is 0 Å². The van der Waals surface area contributed by atoms with E-state index in [0.29, 0.717) is 17.4 Å². The molecule has 0 saturated heterocycles. The van der Waals surface area contributed by atoms with Gasteiger partial charge in [-0.2, -0.15) is 0 Å². The Morgan fingerprint density at radius 1 is 1.33 bits per heavy atom. The van der Waals surface area contributed by atoms with Crippen LogP contribution in [-0.2, 0) is 6.42 Å². The predicted octanol–water partition coefficient (Wildman–Crippen LogP) is 3.48. The second-order valence-electron chi connectivity index (χ2n) is 3.93. The average molecular weight is 308 g/mol. The van der Waals surface area contributed by atoms with Crippen LogP contribution in [0.15, 0.2) is 29.0 Å². The summed E-state index contributed by atoms with van der Waals surface area (Å²) in [6.45, 7) is 4.01. The van der Waals surface area contributed by atoms with Gasteiger partial charge in [0, 0.05) is 0 Å². The smallest absolute Gasteiger partial charge is 0.227 e. The number of nitrogens with two attached hydrogens (primary N) is 1. The van der Waals surface area contributed by atoms with Gasteiger partial charge < -0.3 is 10.5 Å². The largest absolute Gasteiger partial charge is 0.437 e. The van der Waals surface area contributed by atoms with Crippen molar-refractivity contribution in [2.75, 3.05) is 5.73 Å². The van der Waals surface area contributed by atoms with Crippen LogP contribution in [0, 0.1) is 6.92 Å². The Kier molecular flexibility index (Phi) is 3.81. The van der Waals surface area contributed by atoms with E-state index >= 15 is 0 Å². The molecule has 2 N–H and O–H groups in total. The van der Waals surface area contributed by atoms with Crippen molar-refractivity contribution in [3.8, 4) is 11.6 Å². The number of rotatable bonds is 3. The third-order valence-electron chi connectivity index (χ3n) is 2.59. The minimum atomic E-state index is 0.464. The second kappa shape index (κ2) is 5.35. The molecule has 5 heteroatoms. The van der Waals surface area contributed by atoms with Gasteiger partial charge in [-0.3, -0.25) is 0 Å². The highest BCUT2D eigenvalue weighted by molar-refractivity contribution is 9.10. The zero-order valence-electron chi connectivity index (χ0n) is 10.3. The van der Waals surface area contributed by atoms with Crippen LogP contribution < -0.4 is 10.5 Å². The van der Waals surface area contributed by atoms with Crippen LogP contribution in [0.2, 0.25) is 0 Å². The summed E-state index contributed by atoms with van der Waals surface area (Å²) in [6.07, 6.45) is 2.14. The van der Waals surface area contributed by atoms with Crippen molar-refractivity contribution < 1.29 is 4.74 Å². The zero-order valence-corrected chi connectivity index (χ0v) is 11.9. The van der Waals surface area contributed by atoms with Gasteiger partial charge in [0.05, 0.1) is 10.0 Å². The van der Waals surface area contributed by atoms with Gasteiger partial charge in [0.1, 0.15) is 17.9 Å². The number of anilines is 1. The SMILES string of the molecule is CCc1c(N)ncnc1Oc1ccc(C)cc1Br. The summed E-state index contributed by atoms with van der Waals surface area (Å²) in [6, 6.07) is 5.87. The van der Waals surface area contributed by atoms with Crippen LogP contribution in [0.4, 0.5) is 5.82 Å². The highest BCUT2D eigenvalue weighted by Gasteiger charge is 2.11. The molecule has 0 aliphatic carbocycles. The van der Waals surface area contributed by atoms with Crippen molar-refractivity contribution in [1.82, 2.24) is 9.97 Å². The van der Waals surface area contributed by atoms with E-state index < -0.39 is 0 Å². The number of aromatic nitrogens is 2.